The Kier molecular flexibility index (Phi) is 4.96. The van der Waals surface area contributed by atoms with Crippen LogP contribution < -0.4 is 5.32 Å². The molecule has 0 unspecified atom stereocenters. The zero-order valence-electron chi connectivity index (χ0n) is 11.1. The van der Waals surface area contributed by atoms with Crippen LogP contribution >= 0.6 is 0 Å². The number of nitrogens with zero attached hydrogens (tertiary/aromatic N) is 2. The molecule has 0 radical (unpaired) electrons. The highest BCUT2D eigenvalue weighted by molar-refractivity contribution is 5.17. The van der Waals surface area contributed by atoms with Gasteiger partial charge in [0.1, 0.15) is 5.75 Å². The van der Waals surface area contributed by atoms with Gasteiger partial charge in [0.05, 0.1) is 11.9 Å². The van der Waals surface area contributed by atoms with Crippen LogP contribution in [0.5, 0.6) is 5.75 Å². The Labute approximate surface area is 109 Å². The van der Waals surface area contributed by atoms with E-state index in [0.717, 1.165) is 24.7 Å². The van der Waals surface area contributed by atoms with Gasteiger partial charge in [-0.2, -0.15) is 0 Å². The maximum Gasteiger partial charge on any atom is 0.133 e. The van der Waals surface area contributed by atoms with Crippen LogP contribution in [-0.2, 0) is 6.54 Å². The lowest BCUT2D eigenvalue weighted by Crippen LogP contribution is -2.37. The van der Waals surface area contributed by atoms with E-state index in [-0.39, 0.29) is 5.75 Å². The summed E-state index contributed by atoms with van der Waals surface area (Å²) in [6.45, 7) is 7.74. The quantitative estimate of drug-likeness (QED) is 0.832. The first-order chi connectivity index (χ1) is 8.78. The molecular formula is C14H23N3O. The summed E-state index contributed by atoms with van der Waals surface area (Å²) in [4.78, 5) is 6.68. The van der Waals surface area contributed by atoms with Crippen LogP contribution in [0.4, 0.5) is 0 Å². The van der Waals surface area contributed by atoms with Crippen LogP contribution in [0, 0.1) is 5.92 Å². The molecular weight excluding hydrogens is 226 g/mol. The van der Waals surface area contributed by atoms with Gasteiger partial charge in [0, 0.05) is 6.54 Å². The van der Waals surface area contributed by atoms with Crippen molar-refractivity contribution < 1.29 is 5.11 Å². The molecule has 1 aromatic heterocycles. The number of rotatable bonds is 5. The van der Waals surface area contributed by atoms with Gasteiger partial charge in [-0.3, -0.25) is 4.98 Å². The van der Waals surface area contributed by atoms with Crippen LogP contribution in [0.25, 0.3) is 0 Å². The number of likely N-dealkylation sites (tertiary alicyclic amines) is 1. The van der Waals surface area contributed by atoms with E-state index < -0.39 is 0 Å². The zero-order chi connectivity index (χ0) is 12.8. The number of hydrogen-bond donors (Lipinski definition) is 2. The van der Waals surface area contributed by atoms with Gasteiger partial charge in [-0.25, -0.2) is 0 Å². The lowest BCUT2D eigenvalue weighted by Gasteiger charge is -2.31. The second kappa shape index (κ2) is 6.71. The Morgan fingerprint density at radius 2 is 2.17 bits per heavy atom. The van der Waals surface area contributed by atoms with E-state index in [9.17, 15) is 0 Å². The van der Waals surface area contributed by atoms with Crippen molar-refractivity contribution in [2.45, 2.75) is 26.3 Å². The molecule has 2 N–H and O–H groups in total. The van der Waals surface area contributed by atoms with Gasteiger partial charge in [-0.1, -0.05) is 6.92 Å². The maximum atomic E-state index is 9.15. The average molecular weight is 249 g/mol. The minimum absolute atomic E-state index is 0.227. The van der Waals surface area contributed by atoms with Crippen molar-refractivity contribution in [1.29, 1.82) is 0 Å². The minimum Gasteiger partial charge on any atom is -0.506 e. The van der Waals surface area contributed by atoms with Crippen molar-refractivity contribution in [3.63, 3.8) is 0 Å². The van der Waals surface area contributed by atoms with E-state index in [1.165, 1.54) is 38.7 Å². The molecule has 0 spiro atoms. The van der Waals surface area contributed by atoms with E-state index in [0.29, 0.717) is 0 Å². The molecule has 0 atom stereocenters. The lowest BCUT2D eigenvalue weighted by molar-refractivity contribution is 0.190. The first kappa shape index (κ1) is 13.3. The van der Waals surface area contributed by atoms with Crippen molar-refractivity contribution in [2.75, 3.05) is 26.2 Å². The summed E-state index contributed by atoms with van der Waals surface area (Å²) in [7, 11) is 0. The molecule has 0 bridgehead atoms. The summed E-state index contributed by atoms with van der Waals surface area (Å²) in [5.41, 5.74) is 0.985. The standard InChI is InChI=1S/C14H23N3O/c1-2-17-7-5-12(6-8-17)9-15-10-13-3-4-14(18)11-16-13/h3-4,11-12,15,18H,2,5-10H2,1H3. The van der Waals surface area contributed by atoms with Gasteiger partial charge >= 0.3 is 0 Å². The van der Waals surface area contributed by atoms with E-state index in [2.05, 4.69) is 22.1 Å². The van der Waals surface area contributed by atoms with Crippen molar-refractivity contribution >= 4 is 0 Å². The van der Waals surface area contributed by atoms with E-state index in [1.807, 2.05) is 6.07 Å². The van der Waals surface area contributed by atoms with E-state index >= 15 is 0 Å². The summed E-state index contributed by atoms with van der Waals surface area (Å²) in [6, 6.07) is 3.55. The summed E-state index contributed by atoms with van der Waals surface area (Å²) in [5.74, 6) is 1.02. The summed E-state index contributed by atoms with van der Waals surface area (Å²) in [6.07, 6.45) is 4.09. The third-order valence-electron chi connectivity index (χ3n) is 3.70. The molecule has 1 aromatic rings. The van der Waals surface area contributed by atoms with Crippen LogP contribution in [0.2, 0.25) is 0 Å². The summed E-state index contributed by atoms with van der Waals surface area (Å²) < 4.78 is 0. The highest BCUT2D eigenvalue weighted by Crippen LogP contribution is 2.16. The van der Waals surface area contributed by atoms with Gasteiger partial charge in [-0.15, -0.1) is 0 Å². The van der Waals surface area contributed by atoms with Crippen LogP contribution in [-0.4, -0.2) is 41.2 Å². The third-order valence-corrected chi connectivity index (χ3v) is 3.70. The monoisotopic (exact) mass is 249 g/mol. The van der Waals surface area contributed by atoms with E-state index in [1.54, 1.807) is 6.07 Å². The normalized spacial score (nSPS) is 18.1. The second-order valence-corrected chi connectivity index (χ2v) is 5.02. The highest BCUT2D eigenvalue weighted by Gasteiger charge is 2.17. The van der Waals surface area contributed by atoms with Crippen LogP contribution in [0.3, 0.4) is 0 Å². The predicted molar refractivity (Wildman–Crippen MR) is 72.4 cm³/mol. The van der Waals surface area contributed by atoms with Gasteiger partial charge in [-0.05, 0) is 57.1 Å². The number of aromatic nitrogens is 1. The minimum atomic E-state index is 0.227. The molecule has 18 heavy (non-hydrogen) atoms. The number of nitrogens with one attached hydrogen (secondary N) is 1. The first-order valence-electron chi connectivity index (χ1n) is 6.85. The Morgan fingerprint density at radius 1 is 1.39 bits per heavy atom. The molecule has 4 heteroatoms. The molecule has 0 saturated carbocycles. The molecule has 0 amide bonds. The number of piperidine rings is 1. The Morgan fingerprint density at radius 3 is 2.78 bits per heavy atom. The number of hydrogen-bond acceptors (Lipinski definition) is 4. The van der Waals surface area contributed by atoms with Gasteiger partial charge in [0.15, 0.2) is 0 Å². The lowest BCUT2D eigenvalue weighted by atomic mass is 9.97. The molecule has 1 aliphatic rings. The van der Waals surface area contributed by atoms with Crippen molar-refractivity contribution in [2.24, 2.45) is 5.92 Å². The van der Waals surface area contributed by atoms with Gasteiger partial charge < -0.3 is 15.3 Å². The molecule has 2 heterocycles. The Balaban J connectivity index is 1.65. The summed E-state index contributed by atoms with van der Waals surface area (Å²) in [5, 5.41) is 12.6. The fourth-order valence-electron chi connectivity index (χ4n) is 2.43. The largest absolute Gasteiger partial charge is 0.506 e. The number of pyridine rings is 1. The van der Waals surface area contributed by atoms with Gasteiger partial charge in [0.2, 0.25) is 0 Å². The first-order valence-corrected chi connectivity index (χ1v) is 6.85. The SMILES string of the molecule is CCN1CCC(CNCc2ccc(O)cn2)CC1. The van der Waals surface area contributed by atoms with Crippen molar-refractivity contribution in [3.8, 4) is 5.75 Å². The molecule has 1 aliphatic heterocycles. The zero-order valence-corrected chi connectivity index (χ0v) is 11.1. The van der Waals surface area contributed by atoms with Gasteiger partial charge in [0.25, 0.3) is 0 Å². The fraction of sp³-hybridized carbons (Fsp3) is 0.643. The highest BCUT2D eigenvalue weighted by atomic mass is 16.3. The molecule has 1 fully saturated rings. The third kappa shape index (κ3) is 3.96. The second-order valence-electron chi connectivity index (χ2n) is 5.02. The Bertz CT molecular complexity index is 345. The fourth-order valence-corrected chi connectivity index (χ4v) is 2.43. The molecule has 0 aromatic carbocycles. The van der Waals surface area contributed by atoms with Crippen molar-refractivity contribution in [3.05, 3.63) is 24.0 Å². The molecule has 4 nitrogen and oxygen atoms in total. The maximum absolute atomic E-state index is 9.15. The topological polar surface area (TPSA) is 48.4 Å². The van der Waals surface area contributed by atoms with Crippen LogP contribution in [0.1, 0.15) is 25.5 Å². The molecule has 100 valence electrons. The Hall–Kier alpha value is -1.13. The number of aromatic hydroxyl groups is 1. The van der Waals surface area contributed by atoms with Crippen LogP contribution in [0.15, 0.2) is 18.3 Å². The summed E-state index contributed by atoms with van der Waals surface area (Å²) >= 11 is 0. The predicted octanol–water partition coefficient (Wildman–Crippen LogP) is 1.61. The van der Waals surface area contributed by atoms with E-state index in [4.69, 9.17) is 5.11 Å². The molecule has 2 rings (SSSR count). The smallest absolute Gasteiger partial charge is 0.133 e. The molecule has 0 aliphatic carbocycles. The average Bonchev–Trinajstić information content (AvgIpc) is 2.42. The van der Waals surface area contributed by atoms with Crippen molar-refractivity contribution in [1.82, 2.24) is 15.2 Å². The molecule has 1 saturated heterocycles.